The predicted molar refractivity (Wildman–Crippen MR) is 153 cm³/mol. The maximum atomic E-state index is 14.0. The van der Waals surface area contributed by atoms with Crippen molar-refractivity contribution in [2.24, 2.45) is 5.92 Å². The largest absolute Gasteiger partial charge is 0.454 e. The first-order chi connectivity index (χ1) is 18.9. The van der Waals surface area contributed by atoms with E-state index in [2.05, 4.69) is 25.8 Å². The lowest BCUT2D eigenvalue weighted by Crippen LogP contribution is -2.37. The van der Waals surface area contributed by atoms with Crippen LogP contribution in [0.5, 0.6) is 11.5 Å². The number of ether oxygens (including phenoxy) is 2. The second-order valence-electron chi connectivity index (χ2n) is 10.8. The molecule has 0 spiro atoms. The van der Waals surface area contributed by atoms with E-state index in [1.165, 1.54) is 0 Å². The van der Waals surface area contributed by atoms with Gasteiger partial charge in [0.2, 0.25) is 12.7 Å². The summed E-state index contributed by atoms with van der Waals surface area (Å²) in [5.74, 6) is 1.83. The zero-order chi connectivity index (χ0) is 27.4. The van der Waals surface area contributed by atoms with Gasteiger partial charge in [-0.2, -0.15) is 0 Å². The molecule has 2 amide bonds. The Morgan fingerprint density at radius 2 is 1.64 bits per heavy atom. The molecule has 204 valence electrons. The third-order valence-electron chi connectivity index (χ3n) is 7.30. The first-order valence-corrected chi connectivity index (χ1v) is 13.7. The Morgan fingerprint density at radius 3 is 2.49 bits per heavy atom. The molecule has 2 heterocycles. The molecule has 0 bridgehead atoms. The fourth-order valence-corrected chi connectivity index (χ4v) is 5.20. The Labute approximate surface area is 230 Å². The van der Waals surface area contributed by atoms with Crippen LogP contribution in [0.4, 0.5) is 5.69 Å². The van der Waals surface area contributed by atoms with Crippen LogP contribution in [-0.2, 0) is 11.3 Å². The third-order valence-corrected chi connectivity index (χ3v) is 7.30. The van der Waals surface area contributed by atoms with Gasteiger partial charge in [-0.25, -0.2) is 0 Å². The van der Waals surface area contributed by atoms with Gasteiger partial charge in [-0.15, -0.1) is 0 Å². The zero-order valence-electron chi connectivity index (χ0n) is 23.1. The highest BCUT2D eigenvalue weighted by atomic mass is 16.7. The van der Waals surface area contributed by atoms with E-state index < -0.39 is 0 Å². The quantitative estimate of drug-likeness (QED) is 0.452. The second-order valence-corrected chi connectivity index (χ2v) is 10.8. The molecule has 2 aliphatic rings. The summed E-state index contributed by atoms with van der Waals surface area (Å²) < 4.78 is 11.0. The fraction of sp³-hybridized carbons (Fsp3) is 0.375. The Bertz CT molecular complexity index is 1340. The molecular weight excluding hydrogens is 490 g/mol. The minimum Gasteiger partial charge on any atom is -0.454 e. The van der Waals surface area contributed by atoms with Crippen molar-refractivity contribution in [3.05, 3.63) is 77.9 Å². The van der Waals surface area contributed by atoms with E-state index >= 15 is 0 Å². The number of carbonyl (C=O) groups excluding carboxylic acids is 2. The molecule has 7 nitrogen and oxygen atoms in total. The maximum Gasteiger partial charge on any atom is 0.254 e. The van der Waals surface area contributed by atoms with E-state index in [4.69, 9.17) is 9.47 Å². The highest BCUT2D eigenvalue weighted by Crippen LogP contribution is 2.36. The standard InChI is InChI=1S/C32H37N3O4/c1-23(2)18-31(36)35-15-7-14-33(3)16-17-34(21-27-8-4-5-11-28(27)35)32(37)26-10-6-9-24(19-26)25-12-13-29-30(20-25)39-22-38-29/h4-6,8-13,19-20,23H,7,14-18,21-22H2,1-3H3. The molecule has 5 rings (SSSR count). The summed E-state index contributed by atoms with van der Waals surface area (Å²) in [5, 5.41) is 0. The molecule has 39 heavy (non-hydrogen) atoms. The number of hydrogen-bond donors (Lipinski definition) is 0. The number of fused-ring (bicyclic) bond motifs is 2. The van der Waals surface area contributed by atoms with Crippen molar-refractivity contribution in [1.29, 1.82) is 0 Å². The van der Waals surface area contributed by atoms with Crippen LogP contribution >= 0.6 is 0 Å². The number of hydrogen-bond acceptors (Lipinski definition) is 5. The smallest absolute Gasteiger partial charge is 0.254 e. The summed E-state index contributed by atoms with van der Waals surface area (Å²) in [5.41, 5.74) is 4.43. The molecule has 0 saturated carbocycles. The molecule has 3 aromatic rings. The average Bonchev–Trinajstić information content (AvgIpc) is 3.40. The minimum atomic E-state index is -0.0277. The topological polar surface area (TPSA) is 62.3 Å². The van der Waals surface area contributed by atoms with Crippen molar-refractivity contribution in [2.45, 2.75) is 33.2 Å². The lowest BCUT2D eigenvalue weighted by molar-refractivity contribution is -0.119. The van der Waals surface area contributed by atoms with Crippen LogP contribution in [0.2, 0.25) is 0 Å². The highest BCUT2D eigenvalue weighted by Gasteiger charge is 2.24. The van der Waals surface area contributed by atoms with Gasteiger partial charge in [0, 0.05) is 43.9 Å². The van der Waals surface area contributed by atoms with Gasteiger partial charge >= 0.3 is 0 Å². The van der Waals surface area contributed by atoms with E-state index in [9.17, 15) is 9.59 Å². The van der Waals surface area contributed by atoms with Crippen LogP contribution in [0.15, 0.2) is 66.7 Å². The molecule has 0 saturated heterocycles. The second kappa shape index (κ2) is 11.9. The molecule has 0 aliphatic carbocycles. The lowest BCUT2D eigenvalue weighted by Gasteiger charge is -2.28. The van der Waals surface area contributed by atoms with Gasteiger partial charge in [0.15, 0.2) is 11.5 Å². The van der Waals surface area contributed by atoms with Crippen molar-refractivity contribution >= 4 is 17.5 Å². The van der Waals surface area contributed by atoms with Crippen molar-refractivity contribution in [2.75, 3.05) is 44.9 Å². The van der Waals surface area contributed by atoms with Crippen molar-refractivity contribution in [3.63, 3.8) is 0 Å². The molecular formula is C32H37N3O4. The monoisotopic (exact) mass is 527 g/mol. The Hall–Kier alpha value is -3.84. The SMILES string of the molecule is CC(C)CC(=O)N1CCCN(C)CCN(C(=O)c2cccc(-c3ccc4c(c3)OCO4)c2)Cc2ccccc21. The van der Waals surface area contributed by atoms with Crippen LogP contribution < -0.4 is 14.4 Å². The number of benzene rings is 3. The van der Waals surface area contributed by atoms with Crippen molar-refractivity contribution in [3.8, 4) is 22.6 Å². The molecule has 0 unspecified atom stereocenters. The number of carbonyl (C=O) groups is 2. The molecule has 0 fully saturated rings. The lowest BCUT2D eigenvalue weighted by atomic mass is 10.0. The minimum absolute atomic E-state index is 0.0277. The van der Waals surface area contributed by atoms with E-state index in [1.807, 2.05) is 76.5 Å². The Balaban J connectivity index is 1.45. The molecule has 7 heteroatoms. The molecule has 0 atom stereocenters. The van der Waals surface area contributed by atoms with Gasteiger partial charge < -0.3 is 24.2 Å². The van der Waals surface area contributed by atoms with Crippen LogP contribution in [0.1, 0.15) is 42.6 Å². The van der Waals surface area contributed by atoms with E-state index in [0.29, 0.717) is 37.4 Å². The number of rotatable bonds is 4. The summed E-state index contributed by atoms with van der Waals surface area (Å²) in [4.78, 5) is 33.4. The van der Waals surface area contributed by atoms with E-state index in [-0.39, 0.29) is 24.5 Å². The van der Waals surface area contributed by atoms with Gasteiger partial charge in [0.25, 0.3) is 5.91 Å². The van der Waals surface area contributed by atoms with E-state index in [0.717, 1.165) is 47.6 Å². The normalized spacial score (nSPS) is 16.1. The van der Waals surface area contributed by atoms with Gasteiger partial charge in [0.05, 0.1) is 0 Å². The zero-order valence-corrected chi connectivity index (χ0v) is 23.1. The van der Waals surface area contributed by atoms with Crippen LogP contribution in [0.25, 0.3) is 11.1 Å². The van der Waals surface area contributed by atoms with Crippen molar-refractivity contribution < 1.29 is 19.1 Å². The van der Waals surface area contributed by atoms with Crippen molar-refractivity contribution in [1.82, 2.24) is 9.80 Å². The molecule has 0 N–H and O–H groups in total. The maximum absolute atomic E-state index is 14.0. The van der Waals surface area contributed by atoms with Gasteiger partial charge in [-0.1, -0.05) is 50.2 Å². The van der Waals surface area contributed by atoms with Gasteiger partial charge in [-0.05, 0) is 73.0 Å². The number of anilines is 1. The Kier molecular flexibility index (Phi) is 8.17. The van der Waals surface area contributed by atoms with E-state index in [1.54, 1.807) is 0 Å². The molecule has 2 aliphatic heterocycles. The number of para-hydroxylation sites is 1. The number of likely N-dealkylation sites (N-methyl/N-ethyl adjacent to an activating group) is 1. The number of nitrogens with zero attached hydrogens (tertiary/aromatic N) is 3. The fourth-order valence-electron chi connectivity index (χ4n) is 5.20. The number of amides is 2. The summed E-state index contributed by atoms with van der Waals surface area (Å²) in [6.07, 6.45) is 1.37. The summed E-state index contributed by atoms with van der Waals surface area (Å²) in [6, 6.07) is 21.6. The first kappa shape index (κ1) is 26.8. The molecule has 3 aromatic carbocycles. The third kappa shape index (κ3) is 6.25. The van der Waals surface area contributed by atoms with Crippen LogP contribution in [0, 0.1) is 5.92 Å². The van der Waals surface area contributed by atoms with Gasteiger partial charge in [-0.3, -0.25) is 9.59 Å². The first-order valence-electron chi connectivity index (χ1n) is 13.7. The summed E-state index contributed by atoms with van der Waals surface area (Å²) >= 11 is 0. The highest BCUT2D eigenvalue weighted by molar-refractivity contribution is 5.96. The average molecular weight is 528 g/mol. The summed E-state index contributed by atoms with van der Waals surface area (Å²) in [6.45, 7) is 7.68. The predicted octanol–water partition coefficient (Wildman–Crippen LogP) is 5.44. The Morgan fingerprint density at radius 1 is 0.846 bits per heavy atom. The summed E-state index contributed by atoms with van der Waals surface area (Å²) in [7, 11) is 2.08. The van der Waals surface area contributed by atoms with Crippen LogP contribution in [-0.4, -0.2) is 61.6 Å². The van der Waals surface area contributed by atoms with Gasteiger partial charge in [0.1, 0.15) is 0 Å². The molecule has 0 radical (unpaired) electrons. The van der Waals surface area contributed by atoms with Crippen LogP contribution in [0.3, 0.4) is 0 Å². The molecule has 0 aromatic heterocycles.